The fraction of sp³-hybridized carbons (Fsp3) is 0.455. The largest absolute Gasteiger partial charge is 0.257 e. The van der Waals surface area contributed by atoms with Crippen molar-refractivity contribution in [1.29, 1.82) is 0 Å². The molecule has 3 heteroatoms. The number of aryl methyl sites for hydroxylation is 2. The van der Waals surface area contributed by atoms with Crippen molar-refractivity contribution in [3.63, 3.8) is 0 Å². The molecular weight excluding hydrogens is 188 g/mol. The molecule has 0 bridgehead atoms. The van der Waals surface area contributed by atoms with Crippen LogP contribution in [0.5, 0.6) is 0 Å². The summed E-state index contributed by atoms with van der Waals surface area (Å²) < 4.78 is 0. The van der Waals surface area contributed by atoms with Crippen LogP contribution in [0.4, 0.5) is 0 Å². The topological polar surface area (TPSA) is 25.8 Å². The minimum absolute atomic E-state index is 0.978. The lowest BCUT2D eigenvalue weighted by atomic mass is 10.3. The Bertz CT molecular complexity index is 351. The molecule has 14 heavy (non-hydrogen) atoms. The van der Waals surface area contributed by atoms with Crippen LogP contribution >= 0.6 is 0 Å². The molecule has 0 N–H and O–H groups in total. The summed E-state index contributed by atoms with van der Waals surface area (Å²) in [5.74, 6) is 0. The lowest BCUT2D eigenvalue weighted by Crippen LogP contribution is -2.15. The van der Waals surface area contributed by atoms with Crippen molar-refractivity contribution < 1.29 is 0 Å². The highest BCUT2D eigenvalue weighted by atomic mass is 28.3. The zero-order chi connectivity index (χ0) is 10.8. The molecule has 2 nitrogen and oxygen atoms in total. The molecule has 1 aromatic rings. The standard InChI is InChI=1S/C11H18N2Si/c1-9-8-12-10(2)11(13-9)6-7-14(3,4)5/h6-8H,1-5H3. The van der Waals surface area contributed by atoms with Crippen LogP contribution in [0.25, 0.3) is 6.08 Å². The third kappa shape index (κ3) is 3.42. The summed E-state index contributed by atoms with van der Waals surface area (Å²) in [5.41, 5.74) is 5.28. The summed E-state index contributed by atoms with van der Waals surface area (Å²) in [6.45, 7) is 10.9. The first-order valence-corrected chi connectivity index (χ1v) is 8.46. The predicted octanol–water partition coefficient (Wildman–Crippen LogP) is 2.98. The van der Waals surface area contributed by atoms with E-state index < -0.39 is 8.07 Å². The zero-order valence-corrected chi connectivity index (χ0v) is 10.6. The van der Waals surface area contributed by atoms with E-state index in [1.165, 1.54) is 0 Å². The number of hydrogen-bond donors (Lipinski definition) is 0. The van der Waals surface area contributed by atoms with Gasteiger partial charge < -0.3 is 0 Å². The Morgan fingerprint density at radius 3 is 2.43 bits per heavy atom. The normalized spacial score (nSPS) is 12.4. The smallest absolute Gasteiger partial charge is 0.0838 e. The highest BCUT2D eigenvalue weighted by molar-refractivity contribution is 6.81. The number of rotatable bonds is 2. The molecule has 0 radical (unpaired) electrons. The van der Waals surface area contributed by atoms with E-state index in [1.807, 2.05) is 13.8 Å². The van der Waals surface area contributed by atoms with E-state index in [0.717, 1.165) is 17.1 Å². The molecule has 0 spiro atoms. The SMILES string of the molecule is Cc1cnc(C)c(C=C[Si](C)(C)C)n1. The summed E-state index contributed by atoms with van der Waals surface area (Å²) in [4.78, 5) is 8.73. The highest BCUT2D eigenvalue weighted by Gasteiger charge is 2.07. The van der Waals surface area contributed by atoms with Crippen LogP contribution in [0.1, 0.15) is 17.1 Å². The molecule has 0 saturated carbocycles. The lowest BCUT2D eigenvalue weighted by Gasteiger charge is -2.08. The molecule has 0 fully saturated rings. The minimum atomic E-state index is -1.13. The Morgan fingerprint density at radius 2 is 1.86 bits per heavy atom. The fourth-order valence-corrected chi connectivity index (χ4v) is 1.70. The van der Waals surface area contributed by atoms with Gasteiger partial charge in [0.25, 0.3) is 0 Å². The van der Waals surface area contributed by atoms with Gasteiger partial charge in [-0.05, 0) is 19.9 Å². The van der Waals surface area contributed by atoms with Crippen LogP contribution in [-0.4, -0.2) is 18.0 Å². The van der Waals surface area contributed by atoms with Crippen molar-refractivity contribution in [3.8, 4) is 0 Å². The van der Waals surface area contributed by atoms with E-state index in [9.17, 15) is 0 Å². The number of nitrogens with zero attached hydrogens (tertiary/aromatic N) is 2. The van der Waals surface area contributed by atoms with Gasteiger partial charge in [-0.1, -0.05) is 25.3 Å². The second-order valence-electron chi connectivity index (χ2n) is 4.68. The molecule has 1 rings (SSSR count). The third-order valence-electron chi connectivity index (χ3n) is 1.85. The van der Waals surface area contributed by atoms with Crippen molar-refractivity contribution in [1.82, 2.24) is 9.97 Å². The molecule has 1 heterocycles. The van der Waals surface area contributed by atoms with Gasteiger partial charge in [0, 0.05) is 6.20 Å². The Hall–Kier alpha value is -0.963. The molecular formula is C11H18N2Si. The first-order chi connectivity index (χ1) is 6.38. The van der Waals surface area contributed by atoms with Gasteiger partial charge in [0.2, 0.25) is 0 Å². The van der Waals surface area contributed by atoms with E-state index >= 15 is 0 Å². The van der Waals surface area contributed by atoms with Crippen LogP contribution in [0, 0.1) is 13.8 Å². The summed E-state index contributed by atoms with van der Waals surface area (Å²) in [6, 6.07) is 0. The van der Waals surface area contributed by atoms with E-state index in [-0.39, 0.29) is 0 Å². The van der Waals surface area contributed by atoms with Crippen molar-refractivity contribution in [3.05, 3.63) is 29.0 Å². The van der Waals surface area contributed by atoms with Gasteiger partial charge in [0.1, 0.15) is 0 Å². The van der Waals surface area contributed by atoms with Gasteiger partial charge in [0.15, 0.2) is 0 Å². The Morgan fingerprint density at radius 1 is 1.21 bits per heavy atom. The second-order valence-corrected chi connectivity index (χ2v) is 9.75. The van der Waals surface area contributed by atoms with E-state index in [2.05, 4.69) is 41.4 Å². The zero-order valence-electron chi connectivity index (χ0n) is 9.63. The van der Waals surface area contributed by atoms with E-state index in [0.29, 0.717) is 0 Å². The van der Waals surface area contributed by atoms with Gasteiger partial charge >= 0.3 is 0 Å². The van der Waals surface area contributed by atoms with Gasteiger partial charge in [-0.15, -0.1) is 0 Å². The van der Waals surface area contributed by atoms with Crippen LogP contribution in [0.3, 0.4) is 0 Å². The molecule has 0 atom stereocenters. The van der Waals surface area contributed by atoms with Gasteiger partial charge in [-0.3, -0.25) is 9.97 Å². The summed E-state index contributed by atoms with van der Waals surface area (Å²) in [5, 5.41) is 0. The first kappa shape index (κ1) is 11.1. The van der Waals surface area contributed by atoms with Crippen molar-refractivity contribution in [2.75, 3.05) is 0 Å². The molecule has 0 aliphatic heterocycles. The molecule has 0 unspecified atom stereocenters. The monoisotopic (exact) mass is 206 g/mol. The van der Waals surface area contributed by atoms with Crippen molar-refractivity contribution >= 4 is 14.1 Å². The maximum Gasteiger partial charge on any atom is 0.0838 e. The van der Waals surface area contributed by atoms with Crippen molar-refractivity contribution in [2.24, 2.45) is 0 Å². The molecule has 0 amide bonds. The molecule has 0 aromatic carbocycles. The number of aromatic nitrogens is 2. The van der Waals surface area contributed by atoms with Crippen molar-refractivity contribution in [2.45, 2.75) is 33.5 Å². The van der Waals surface area contributed by atoms with Gasteiger partial charge in [-0.2, -0.15) is 0 Å². The van der Waals surface area contributed by atoms with Crippen LogP contribution in [0.15, 0.2) is 11.9 Å². The molecule has 1 aromatic heterocycles. The molecule has 0 aliphatic carbocycles. The lowest BCUT2D eigenvalue weighted by molar-refractivity contribution is 1.05. The van der Waals surface area contributed by atoms with Gasteiger partial charge in [-0.25, -0.2) is 0 Å². The van der Waals surface area contributed by atoms with Crippen LogP contribution < -0.4 is 0 Å². The van der Waals surface area contributed by atoms with Crippen LogP contribution in [0.2, 0.25) is 19.6 Å². The Labute approximate surface area is 87.1 Å². The Balaban J connectivity index is 2.97. The second kappa shape index (κ2) is 4.05. The first-order valence-electron chi connectivity index (χ1n) is 4.88. The van der Waals surface area contributed by atoms with E-state index in [4.69, 9.17) is 0 Å². The summed E-state index contributed by atoms with van der Waals surface area (Å²) in [7, 11) is -1.13. The predicted molar refractivity (Wildman–Crippen MR) is 63.9 cm³/mol. The fourth-order valence-electron chi connectivity index (χ4n) is 1.04. The minimum Gasteiger partial charge on any atom is -0.257 e. The van der Waals surface area contributed by atoms with Gasteiger partial charge in [0.05, 0.1) is 25.2 Å². The average molecular weight is 206 g/mol. The Kier molecular flexibility index (Phi) is 3.21. The summed E-state index contributed by atoms with van der Waals surface area (Å²) in [6.07, 6.45) is 3.92. The third-order valence-corrected chi connectivity index (χ3v) is 3.02. The number of hydrogen-bond acceptors (Lipinski definition) is 2. The maximum absolute atomic E-state index is 4.45. The molecule has 0 saturated heterocycles. The highest BCUT2D eigenvalue weighted by Crippen LogP contribution is 2.09. The van der Waals surface area contributed by atoms with E-state index in [1.54, 1.807) is 6.20 Å². The van der Waals surface area contributed by atoms with Crippen LogP contribution in [-0.2, 0) is 0 Å². The summed E-state index contributed by atoms with van der Waals surface area (Å²) >= 11 is 0. The maximum atomic E-state index is 4.45. The quantitative estimate of drug-likeness (QED) is 0.695. The molecule has 76 valence electrons. The molecule has 0 aliphatic rings. The average Bonchev–Trinajstić information content (AvgIpc) is 2.05.